The number of amides is 1. The molecule has 0 bridgehead atoms. The van der Waals surface area contributed by atoms with Gasteiger partial charge in [0.1, 0.15) is 18.1 Å². The van der Waals surface area contributed by atoms with Crippen LogP contribution in [0.5, 0.6) is 5.75 Å². The van der Waals surface area contributed by atoms with Crippen LogP contribution in [-0.4, -0.2) is 72.6 Å². The molecular formula is C27H29BrN2O5. The maximum atomic E-state index is 13.3. The summed E-state index contributed by atoms with van der Waals surface area (Å²) in [6, 6.07) is 12.0. The Kier molecular flexibility index (Phi) is 8.05. The van der Waals surface area contributed by atoms with Crippen LogP contribution in [0.3, 0.4) is 0 Å². The first-order chi connectivity index (χ1) is 16.9. The Balaban J connectivity index is 1.72. The molecule has 0 aromatic heterocycles. The van der Waals surface area contributed by atoms with E-state index in [1.807, 2.05) is 31.2 Å². The second-order valence-corrected chi connectivity index (χ2v) is 9.49. The Morgan fingerprint density at radius 3 is 2.54 bits per heavy atom. The molecule has 2 aromatic rings. The molecule has 1 unspecified atom stereocenters. The number of benzene rings is 2. The molecule has 2 saturated heterocycles. The summed E-state index contributed by atoms with van der Waals surface area (Å²) in [7, 11) is 0. The zero-order valence-corrected chi connectivity index (χ0v) is 21.3. The van der Waals surface area contributed by atoms with Crippen LogP contribution < -0.4 is 4.74 Å². The van der Waals surface area contributed by atoms with Crippen LogP contribution in [0.25, 0.3) is 5.76 Å². The number of morpholine rings is 1. The molecule has 2 heterocycles. The number of ketones is 1. The highest BCUT2D eigenvalue weighted by Crippen LogP contribution is 2.40. The van der Waals surface area contributed by atoms with E-state index < -0.39 is 17.7 Å². The van der Waals surface area contributed by atoms with E-state index in [0.29, 0.717) is 44.2 Å². The number of aliphatic hydroxyl groups is 1. The van der Waals surface area contributed by atoms with Gasteiger partial charge in [0.25, 0.3) is 11.7 Å². The highest BCUT2D eigenvalue weighted by Gasteiger charge is 2.46. The van der Waals surface area contributed by atoms with Crippen LogP contribution in [0, 0.1) is 6.92 Å². The molecule has 2 aliphatic heterocycles. The second-order valence-electron chi connectivity index (χ2n) is 8.57. The fourth-order valence-corrected chi connectivity index (χ4v) is 4.73. The van der Waals surface area contributed by atoms with Gasteiger partial charge in [0, 0.05) is 36.2 Å². The van der Waals surface area contributed by atoms with Gasteiger partial charge in [-0.2, -0.15) is 0 Å². The molecule has 4 rings (SSSR count). The predicted octanol–water partition coefficient (Wildman–Crippen LogP) is 4.08. The number of aliphatic hydroxyl groups excluding tert-OH is 1. The summed E-state index contributed by atoms with van der Waals surface area (Å²) >= 11 is 3.45. The molecule has 2 fully saturated rings. The maximum absolute atomic E-state index is 13.3. The van der Waals surface area contributed by atoms with E-state index in [2.05, 4.69) is 27.4 Å². The topological polar surface area (TPSA) is 79.3 Å². The molecule has 1 amide bonds. The van der Waals surface area contributed by atoms with Gasteiger partial charge in [-0.15, -0.1) is 0 Å². The van der Waals surface area contributed by atoms with Crippen molar-refractivity contribution in [3.05, 3.63) is 81.9 Å². The fourth-order valence-electron chi connectivity index (χ4n) is 4.47. The first-order valence-corrected chi connectivity index (χ1v) is 12.4. The maximum Gasteiger partial charge on any atom is 0.295 e. The van der Waals surface area contributed by atoms with E-state index in [1.54, 1.807) is 29.2 Å². The smallest absolute Gasteiger partial charge is 0.295 e. The number of carbonyl (C=O) groups is 2. The van der Waals surface area contributed by atoms with Crippen LogP contribution in [-0.2, 0) is 14.3 Å². The van der Waals surface area contributed by atoms with Gasteiger partial charge in [0.05, 0.1) is 24.8 Å². The van der Waals surface area contributed by atoms with Crippen molar-refractivity contribution in [3.8, 4) is 5.75 Å². The number of likely N-dealkylation sites (tertiary alicyclic amines) is 1. The molecule has 2 aromatic carbocycles. The predicted molar refractivity (Wildman–Crippen MR) is 137 cm³/mol. The summed E-state index contributed by atoms with van der Waals surface area (Å²) < 4.78 is 11.9. The molecule has 8 heteroatoms. The molecule has 1 atom stereocenters. The molecule has 1 N–H and O–H groups in total. The highest BCUT2D eigenvalue weighted by atomic mass is 79.9. The molecule has 184 valence electrons. The quantitative estimate of drug-likeness (QED) is 0.235. The molecule has 0 saturated carbocycles. The molecule has 0 aliphatic carbocycles. The summed E-state index contributed by atoms with van der Waals surface area (Å²) in [5.41, 5.74) is 2.09. The monoisotopic (exact) mass is 540 g/mol. The van der Waals surface area contributed by atoms with E-state index in [1.165, 1.54) is 0 Å². The molecule has 2 aliphatic rings. The zero-order chi connectivity index (χ0) is 24.9. The van der Waals surface area contributed by atoms with E-state index in [4.69, 9.17) is 9.47 Å². The summed E-state index contributed by atoms with van der Waals surface area (Å²) in [4.78, 5) is 30.2. The van der Waals surface area contributed by atoms with Crippen molar-refractivity contribution in [2.75, 3.05) is 46.0 Å². The summed E-state index contributed by atoms with van der Waals surface area (Å²) in [6.07, 6.45) is 1.65. The number of nitrogens with zero attached hydrogens (tertiary/aromatic N) is 2. The lowest BCUT2D eigenvalue weighted by molar-refractivity contribution is -0.140. The van der Waals surface area contributed by atoms with Crippen LogP contribution >= 0.6 is 15.9 Å². The first kappa shape index (κ1) is 25.2. The Morgan fingerprint density at radius 1 is 1.17 bits per heavy atom. The van der Waals surface area contributed by atoms with Gasteiger partial charge in [-0.05, 0) is 48.4 Å². The SMILES string of the molecule is C=CCOc1ccc(/C(O)=C2\C(=O)C(=O)N(CCN3CCOCC3)C2c2ccc(Br)cc2)c(C)c1. The van der Waals surface area contributed by atoms with Gasteiger partial charge in [0.15, 0.2) is 0 Å². The number of ether oxygens (including phenoxy) is 2. The highest BCUT2D eigenvalue weighted by molar-refractivity contribution is 9.10. The third-order valence-corrected chi connectivity index (χ3v) is 6.84. The largest absolute Gasteiger partial charge is 0.507 e. The third-order valence-electron chi connectivity index (χ3n) is 6.31. The van der Waals surface area contributed by atoms with Crippen molar-refractivity contribution >= 4 is 33.4 Å². The standard InChI is InChI=1S/C27H29BrN2O5/c1-3-14-35-21-8-9-22(18(2)17-21)25(31)23-24(19-4-6-20(28)7-5-19)30(27(33)26(23)32)11-10-29-12-15-34-16-13-29/h3-9,17,24,31H,1,10-16H2,2H3/b25-23+. The zero-order valence-electron chi connectivity index (χ0n) is 19.7. The number of rotatable bonds is 8. The Hall–Kier alpha value is -2.94. The van der Waals surface area contributed by atoms with Crippen molar-refractivity contribution < 1.29 is 24.2 Å². The van der Waals surface area contributed by atoms with E-state index in [-0.39, 0.29) is 11.3 Å². The Morgan fingerprint density at radius 2 is 1.89 bits per heavy atom. The number of hydrogen-bond donors (Lipinski definition) is 1. The number of aryl methyl sites for hydroxylation is 1. The lowest BCUT2D eigenvalue weighted by atomic mass is 9.94. The van der Waals surface area contributed by atoms with Crippen LogP contribution in [0.4, 0.5) is 0 Å². The van der Waals surface area contributed by atoms with Gasteiger partial charge in [0.2, 0.25) is 0 Å². The average molecular weight is 541 g/mol. The minimum absolute atomic E-state index is 0.0992. The second kappa shape index (κ2) is 11.2. The molecule has 0 radical (unpaired) electrons. The number of halogens is 1. The number of hydrogen-bond acceptors (Lipinski definition) is 6. The van der Waals surface area contributed by atoms with Gasteiger partial charge in [-0.3, -0.25) is 14.5 Å². The molecule has 35 heavy (non-hydrogen) atoms. The average Bonchev–Trinajstić information content (AvgIpc) is 3.12. The van der Waals surface area contributed by atoms with Crippen molar-refractivity contribution in [3.63, 3.8) is 0 Å². The summed E-state index contributed by atoms with van der Waals surface area (Å²) in [5, 5.41) is 11.4. The first-order valence-electron chi connectivity index (χ1n) is 11.6. The van der Waals surface area contributed by atoms with Gasteiger partial charge in [-0.1, -0.05) is 40.7 Å². The normalized spacial score (nSPS) is 20.3. The van der Waals surface area contributed by atoms with E-state index >= 15 is 0 Å². The van der Waals surface area contributed by atoms with Gasteiger partial charge in [-0.25, -0.2) is 0 Å². The Labute approximate surface area is 213 Å². The lowest BCUT2D eigenvalue weighted by Gasteiger charge is -2.31. The van der Waals surface area contributed by atoms with Crippen molar-refractivity contribution in [1.82, 2.24) is 9.80 Å². The van der Waals surface area contributed by atoms with Crippen molar-refractivity contribution in [2.24, 2.45) is 0 Å². The van der Waals surface area contributed by atoms with Gasteiger partial charge >= 0.3 is 0 Å². The van der Waals surface area contributed by atoms with Crippen molar-refractivity contribution in [1.29, 1.82) is 0 Å². The fraction of sp³-hybridized carbons (Fsp3) is 0.333. The summed E-state index contributed by atoms with van der Waals surface area (Å²) in [6.45, 7) is 9.71. The van der Waals surface area contributed by atoms with Crippen LogP contribution in [0.2, 0.25) is 0 Å². The molecular weight excluding hydrogens is 512 g/mol. The Bertz CT molecular complexity index is 1140. The number of Topliss-reactive ketones (excluding diaryl/α,β-unsaturated/α-hetero) is 1. The van der Waals surface area contributed by atoms with Crippen molar-refractivity contribution in [2.45, 2.75) is 13.0 Å². The molecule has 7 nitrogen and oxygen atoms in total. The van der Waals surface area contributed by atoms with E-state index in [0.717, 1.165) is 28.7 Å². The number of carbonyl (C=O) groups excluding carboxylic acids is 2. The van der Waals surface area contributed by atoms with Crippen LogP contribution in [0.15, 0.2) is 65.2 Å². The summed E-state index contributed by atoms with van der Waals surface area (Å²) in [5.74, 6) is -0.826. The minimum atomic E-state index is -0.680. The minimum Gasteiger partial charge on any atom is -0.507 e. The third kappa shape index (κ3) is 5.50. The molecule has 0 spiro atoms. The van der Waals surface area contributed by atoms with Gasteiger partial charge < -0.3 is 19.5 Å². The lowest BCUT2D eigenvalue weighted by Crippen LogP contribution is -2.42. The van der Waals surface area contributed by atoms with E-state index in [9.17, 15) is 14.7 Å². The van der Waals surface area contributed by atoms with Crippen LogP contribution in [0.1, 0.15) is 22.7 Å².